The maximum Gasteiger partial charge on any atom is 0.408 e. The van der Waals surface area contributed by atoms with Gasteiger partial charge in [-0.1, -0.05) is 48.5 Å². The molecule has 3 heterocycles. The lowest BCUT2D eigenvalue weighted by Crippen LogP contribution is -2.59. The van der Waals surface area contributed by atoms with Crippen LogP contribution in [0.2, 0.25) is 0 Å². The molecule has 2 saturated heterocycles. The first-order valence-electron chi connectivity index (χ1n) is 13.6. The van der Waals surface area contributed by atoms with Crippen LogP contribution in [0.5, 0.6) is 0 Å². The number of aromatic amines is 1. The van der Waals surface area contributed by atoms with Crippen LogP contribution in [0, 0.1) is 0 Å². The highest BCUT2D eigenvalue weighted by atomic mass is 16.6. The van der Waals surface area contributed by atoms with E-state index in [1.54, 1.807) is 25.7 Å². The molecule has 5 amide bonds. The number of fused-ring (bicyclic) bond motifs is 2. The van der Waals surface area contributed by atoms with Gasteiger partial charge in [0, 0.05) is 36.5 Å². The summed E-state index contributed by atoms with van der Waals surface area (Å²) in [6.07, 6.45) is 2.01. The lowest BCUT2D eigenvalue weighted by Gasteiger charge is -2.38. The average Bonchev–Trinajstić information content (AvgIpc) is 3.50. The maximum atomic E-state index is 13.6. The molecular formula is C30H35N5O5. The normalized spacial score (nSPS) is 19.9. The van der Waals surface area contributed by atoms with Crippen molar-refractivity contribution in [2.24, 2.45) is 0 Å². The Balaban J connectivity index is 1.30. The Kier molecular flexibility index (Phi) is 7.51. The van der Waals surface area contributed by atoms with Crippen LogP contribution < -0.4 is 10.6 Å². The Morgan fingerprint density at radius 2 is 1.80 bits per heavy atom. The summed E-state index contributed by atoms with van der Waals surface area (Å²) < 4.78 is 5.43. The summed E-state index contributed by atoms with van der Waals surface area (Å²) in [5.41, 5.74) is 1.95. The number of carbonyl (C=O) groups excluding carboxylic acids is 4. The van der Waals surface area contributed by atoms with Crippen molar-refractivity contribution >= 4 is 34.8 Å². The number of hydrogen-bond donors (Lipinski definition) is 3. The van der Waals surface area contributed by atoms with Gasteiger partial charge in [0.2, 0.25) is 11.8 Å². The second-order valence-electron chi connectivity index (χ2n) is 11.4. The van der Waals surface area contributed by atoms with E-state index >= 15 is 0 Å². The number of imide groups is 1. The van der Waals surface area contributed by atoms with E-state index in [9.17, 15) is 19.2 Å². The van der Waals surface area contributed by atoms with Crippen LogP contribution in [0.3, 0.4) is 0 Å². The average molecular weight is 546 g/mol. The van der Waals surface area contributed by atoms with E-state index in [-0.39, 0.29) is 31.3 Å². The van der Waals surface area contributed by atoms with Crippen molar-refractivity contribution in [3.8, 4) is 0 Å². The minimum atomic E-state index is -0.923. The molecule has 2 fully saturated rings. The SMILES string of the molecule is CC(C)(C)OC(=O)N[C@H](Cc1c[nH]c2ccccc12)C(=O)N[C@@H]1CCN2C(=O)N(Cc3ccccc3)C(=O)C[C@H]12. The second kappa shape index (κ2) is 11.0. The first kappa shape index (κ1) is 27.2. The van der Waals surface area contributed by atoms with E-state index in [0.717, 1.165) is 22.0 Å². The van der Waals surface area contributed by atoms with Crippen molar-refractivity contribution in [2.75, 3.05) is 6.54 Å². The number of hydrogen-bond acceptors (Lipinski definition) is 5. The Hall–Kier alpha value is -4.34. The molecule has 0 unspecified atom stereocenters. The Morgan fingerprint density at radius 3 is 2.55 bits per heavy atom. The molecule has 2 aromatic carbocycles. The van der Waals surface area contributed by atoms with Crippen molar-refractivity contribution < 1.29 is 23.9 Å². The van der Waals surface area contributed by atoms with Crippen molar-refractivity contribution in [3.05, 3.63) is 71.9 Å². The lowest BCUT2D eigenvalue weighted by molar-refractivity contribution is -0.133. The van der Waals surface area contributed by atoms with Crippen molar-refractivity contribution in [1.29, 1.82) is 0 Å². The molecule has 210 valence electrons. The zero-order valence-corrected chi connectivity index (χ0v) is 23.0. The number of aromatic nitrogens is 1. The van der Waals surface area contributed by atoms with Crippen LogP contribution in [-0.2, 0) is 27.3 Å². The molecule has 10 heteroatoms. The van der Waals surface area contributed by atoms with Gasteiger partial charge in [0.15, 0.2) is 0 Å². The van der Waals surface area contributed by atoms with Crippen LogP contribution in [0.4, 0.5) is 9.59 Å². The number of benzene rings is 2. The molecule has 0 saturated carbocycles. The van der Waals surface area contributed by atoms with Gasteiger partial charge in [-0.15, -0.1) is 0 Å². The van der Waals surface area contributed by atoms with Gasteiger partial charge in [-0.2, -0.15) is 0 Å². The van der Waals surface area contributed by atoms with E-state index in [1.165, 1.54) is 4.90 Å². The first-order valence-corrected chi connectivity index (χ1v) is 13.6. The fourth-order valence-corrected chi connectivity index (χ4v) is 5.45. The van der Waals surface area contributed by atoms with Crippen molar-refractivity contribution in [3.63, 3.8) is 0 Å². The summed E-state index contributed by atoms with van der Waals surface area (Å²) in [6.45, 7) is 5.91. The smallest absolute Gasteiger partial charge is 0.408 e. The lowest BCUT2D eigenvalue weighted by atomic mass is 10.0. The predicted octanol–water partition coefficient (Wildman–Crippen LogP) is 3.72. The summed E-state index contributed by atoms with van der Waals surface area (Å²) in [5, 5.41) is 6.72. The van der Waals surface area contributed by atoms with Gasteiger partial charge in [-0.3, -0.25) is 14.5 Å². The highest BCUT2D eigenvalue weighted by Gasteiger charge is 2.46. The predicted molar refractivity (Wildman–Crippen MR) is 149 cm³/mol. The molecule has 0 bridgehead atoms. The molecule has 1 aromatic heterocycles. The van der Waals surface area contributed by atoms with Crippen molar-refractivity contribution in [1.82, 2.24) is 25.4 Å². The Morgan fingerprint density at radius 1 is 1.07 bits per heavy atom. The third kappa shape index (κ3) is 5.95. The van der Waals surface area contributed by atoms with Crippen LogP contribution in [0.15, 0.2) is 60.8 Å². The van der Waals surface area contributed by atoms with Gasteiger partial charge in [0.25, 0.3) is 0 Å². The summed E-state index contributed by atoms with van der Waals surface area (Å²) in [6, 6.07) is 15.0. The fraction of sp³-hybridized carbons (Fsp3) is 0.400. The molecule has 40 heavy (non-hydrogen) atoms. The number of ether oxygens (including phenoxy) is 1. The standard InChI is InChI=1S/C30H35N5O5/c1-30(2,3)40-28(38)33-24(15-20-17-31-22-12-8-7-11-21(20)22)27(37)32-23-13-14-34-25(23)16-26(36)35(29(34)39)18-19-9-5-4-6-10-19/h4-12,17,23-25,31H,13-16,18H2,1-3H3,(H,32,37)(H,33,38)/t23-,24-,25-/m1/s1. The zero-order chi connectivity index (χ0) is 28.4. The Bertz CT molecular complexity index is 1410. The first-order chi connectivity index (χ1) is 19.1. The number of H-pyrrole nitrogens is 1. The maximum absolute atomic E-state index is 13.6. The fourth-order valence-electron chi connectivity index (χ4n) is 5.45. The topological polar surface area (TPSA) is 124 Å². The molecule has 0 aliphatic carbocycles. The second-order valence-corrected chi connectivity index (χ2v) is 11.4. The molecule has 3 atom stereocenters. The minimum absolute atomic E-state index is 0.121. The molecule has 2 aliphatic heterocycles. The van der Waals surface area contributed by atoms with Gasteiger partial charge in [-0.25, -0.2) is 9.59 Å². The third-order valence-corrected chi connectivity index (χ3v) is 7.32. The number of nitrogens with one attached hydrogen (secondary N) is 3. The largest absolute Gasteiger partial charge is 0.444 e. The molecule has 10 nitrogen and oxygen atoms in total. The van der Waals surface area contributed by atoms with Crippen LogP contribution in [0.25, 0.3) is 10.9 Å². The van der Waals surface area contributed by atoms with E-state index in [0.29, 0.717) is 13.0 Å². The molecule has 0 spiro atoms. The van der Waals surface area contributed by atoms with Gasteiger partial charge in [0.1, 0.15) is 11.6 Å². The molecule has 3 N–H and O–H groups in total. The molecular weight excluding hydrogens is 510 g/mol. The van der Waals surface area contributed by atoms with E-state index in [2.05, 4.69) is 15.6 Å². The van der Waals surface area contributed by atoms with Gasteiger partial charge in [0.05, 0.1) is 18.6 Å². The number of para-hydroxylation sites is 1. The number of carbonyl (C=O) groups is 4. The molecule has 3 aromatic rings. The highest BCUT2D eigenvalue weighted by Crippen LogP contribution is 2.29. The van der Waals surface area contributed by atoms with E-state index < -0.39 is 35.7 Å². The number of urea groups is 1. The van der Waals surface area contributed by atoms with Crippen molar-refractivity contribution in [2.45, 2.75) is 70.3 Å². The van der Waals surface area contributed by atoms with E-state index in [4.69, 9.17) is 4.74 Å². The van der Waals surface area contributed by atoms with E-state index in [1.807, 2.05) is 60.8 Å². The number of rotatable bonds is 7. The summed E-state index contributed by atoms with van der Waals surface area (Å²) in [5.74, 6) is -0.659. The van der Waals surface area contributed by atoms with Gasteiger partial charge in [-0.05, 0) is 44.4 Å². The van der Waals surface area contributed by atoms with Crippen LogP contribution >= 0.6 is 0 Å². The number of alkyl carbamates (subject to hydrolysis) is 1. The minimum Gasteiger partial charge on any atom is -0.444 e. The van der Waals surface area contributed by atoms with Crippen LogP contribution in [-0.4, -0.2) is 69.0 Å². The summed E-state index contributed by atoms with van der Waals surface area (Å²) in [7, 11) is 0. The highest BCUT2D eigenvalue weighted by molar-refractivity contribution is 5.98. The molecule has 0 radical (unpaired) electrons. The zero-order valence-electron chi connectivity index (χ0n) is 23.0. The quantitative estimate of drug-likeness (QED) is 0.418. The number of nitrogens with zero attached hydrogens (tertiary/aromatic N) is 2. The Labute approximate surface area is 233 Å². The third-order valence-electron chi connectivity index (χ3n) is 7.32. The monoisotopic (exact) mass is 545 g/mol. The van der Waals surface area contributed by atoms with Crippen LogP contribution in [0.1, 0.15) is 44.7 Å². The summed E-state index contributed by atoms with van der Waals surface area (Å²) >= 11 is 0. The van der Waals surface area contributed by atoms with Gasteiger partial charge < -0.3 is 25.3 Å². The molecule has 5 rings (SSSR count). The number of amides is 5. The van der Waals surface area contributed by atoms with Gasteiger partial charge >= 0.3 is 12.1 Å². The molecule has 2 aliphatic rings. The summed E-state index contributed by atoms with van der Waals surface area (Å²) in [4.78, 5) is 58.7.